The average Bonchev–Trinajstić information content (AvgIpc) is 2.26. The van der Waals surface area contributed by atoms with Crippen LogP contribution in [0.5, 0.6) is 0 Å². The lowest BCUT2D eigenvalue weighted by Crippen LogP contribution is -2.01. The Balaban J connectivity index is 2.24. The van der Waals surface area contributed by atoms with Crippen molar-refractivity contribution < 1.29 is 0 Å². The summed E-state index contributed by atoms with van der Waals surface area (Å²) < 4.78 is 1.15. The molecule has 2 heteroatoms. The summed E-state index contributed by atoms with van der Waals surface area (Å²) in [6.07, 6.45) is 6.86. The molecule has 0 bridgehead atoms. The first-order valence-electron chi connectivity index (χ1n) is 5.85. The van der Waals surface area contributed by atoms with E-state index < -0.39 is 0 Å². The lowest BCUT2D eigenvalue weighted by molar-refractivity contribution is 0.708. The predicted octanol–water partition coefficient (Wildman–Crippen LogP) is 4.92. The number of benzene rings is 1. The summed E-state index contributed by atoms with van der Waals surface area (Å²) in [5, 5.41) is 3.44. The highest BCUT2D eigenvalue weighted by Crippen LogP contribution is 2.23. The Kier molecular flexibility index (Phi) is 6.24. The van der Waals surface area contributed by atoms with Crippen LogP contribution in [0, 0.1) is 6.92 Å². The zero-order chi connectivity index (χ0) is 11.8. The van der Waals surface area contributed by atoms with Gasteiger partial charge in [-0.3, -0.25) is 0 Å². The van der Waals surface area contributed by atoms with E-state index in [1.54, 1.807) is 0 Å². The van der Waals surface area contributed by atoms with Gasteiger partial charge in [-0.2, -0.15) is 0 Å². The van der Waals surface area contributed by atoms with E-state index in [1.807, 2.05) is 6.08 Å². The van der Waals surface area contributed by atoms with Crippen LogP contribution in [0.2, 0.25) is 0 Å². The normalized spacial score (nSPS) is 10.1. The van der Waals surface area contributed by atoms with E-state index >= 15 is 0 Å². The molecule has 1 aromatic rings. The summed E-state index contributed by atoms with van der Waals surface area (Å²) in [6.45, 7) is 6.87. The maximum absolute atomic E-state index is 3.72. The smallest absolute Gasteiger partial charge is 0.0484 e. The van der Waals surface area contributed by atoms with Crippen LogP contribution >= 0.6 is 15.9 Å². The molecule has 0 unspecified atom stereocenters. The minimum absolute atomic E-state index is 1.04. The molecule has 1 rings (SSSR count). The summed E-state index contributed by atoms with van der Waals surface area (Å²) in [6, 6.07) is 6.40. The van der Waals surface area contributed by atoms with Crippen molar-refractivity contribution in [2.75, 3.05) is 11.9 Å². The minimum atomic E-state index is 1.04. The minimum Gasteiger partial charge on any atom is -0.384 e. The molecule has 0 spiro atoms. The molecule has 0 fully saturated rings. The average molecular weight is 282 g/mol. The predicted molar refractivity (Wildman–Crippen MR) is 76.0 cm³/mol. The summed E-state index contributed by atoms with van der Waals surface area (Å²) in [5.74, 6) is 0. The van der Waals surface area contributed by atoms with Crippen molar-refractivity contribution >= 4 is 21.6 Å². The number of hydrogen-bond donors (Lipinski definition) is 1. The van der Waals surface area contributed by atoms with Gasteiger partial charge >= 0.3 is 0 Å². The zero-order valence-electron chi connectivity index (χ0n) is 9.93. The number of halogens is 1. The maximum Gasteiger partial charge on any atom is 0.0484 e. The van der Waals surface area contributed by atoms with Gasteiger partial charge < -0.3 is 5.32 Å². The lowest BCUT2D eigenvalue weighted by atomic mass is 10.2. The van der Waals surface area contributed by atoms with E-state index in [0.717, 1.165) is 17.4 Å². The fourth-order valence-corrected chi connectivity index (χ4v) is 2.21. The molecule has 0 amide bonds. The molecule has 88 valence electrons. The fraction of sp³-hybridized carbons (Fsp3) is 0.429. The third-order valence-corrected chi connectivity index (χ3v) is 3.18. The Morgan fingerprint density at radius 2 is 2.12 bits per heavy atom. The zero-order valence-corrected chi connectivity index (χ0v) is 11.5. The second-order valence-electron chi connectivity index (χ2n) is 4.05. The van der Waals surface area contributed by atoms with E-state index in [4.69, 9.17) is 0 Å². The molecule has 0 saturated heterocycles. The Labute approximate surface area is 107 Å². The molecule has 0 aliphatic rings. The largest absolute Gasteiger partial charge is 0.384 e. The first-order valence-corrected chi connectivity index (χ1v) is 6.64. The molecule has 0 heterocycles. The molecule has 0 atom stereocenters. The topological polar surface area (TPSA) is 12.0 Å². The summed E-state index contributed by atoms with van der Waals surface area (Å²) >= 11 is 3.57. The summed E-state index contributed by atoms with van der Waals surface area (Å²) in [5.41, 5.74) is 2.47. The molecule has 0 aliphatic heterocycles. The van der Waals surface area contributed by atoms with Gasteiger partial charge in [0.05, 0.1) is 0 Å². The molecule has 0 radical (unpaired) electrons. The van der Waals surface area contributed by atoms with Crippen LogP contribution in [0.25, 0.3) is 0 Å². The van der Waals surface area contributed by atoms with E-state index in [2.05, 4.69) is 52.9 Å². The number of hydrogen-bond acceptors (Lipinski definition) is 1. The molecule has 16 heavy (non-hydrogen) atoms. The Hall–Kier alpha value is -0.760. The highest BCUT2D eigenvalue weighted by atomic mass is 79.9. The van der Waals surface area contributed by atoms with E-state index in [0.29, 0.717) is 0 Å². The molecule has 1 aromatic carbocycles. The van der Waals surface area contributed by atoms with Crippen LogP contribution < -0.4 is 5.32 Å². The number of allylic oxidation sites excluding steroid dienone is 1. The number of nitrogens with one attached hydrogen (secondary N) is 1. The highest BCUT2D eigenvalue weighted by Gasteiger charge is 1.98. The van der Waals surface area contributed by atoms with Gasteiger partial charge in [-0.05, 0) is 59.8 Å². The van der Waals surface area contributed by atoms with Gasteiger partial charge in [0, 0.05) is 16.7 Å². The number of rotatable bonds is 7. The third kappa shape index (κ3) is 4.84. The fourth-order valence-electron chi connectivity index (χ4n) is 1.58. The van der Waals surface area contributed by atoms with Gasteiger partial charge in [0.25, 0.3) is 0 Å². The van der Waals surface area contributed by atoms with Crippen molar-refractivity contribution in [1.29, 1.82) is 0 Å². The van der Waals surface area contributed by atoms with Crippen molar-refractivity contribution in [2.24, 2.45) is 0 Å². The van der Waals surface area contributed by atoms with Gasteiger partial charge in [0.2, 0.25) is 0 Å². The standard InChI is InChI=1S/C14H20BrN/c1-3-4-5-6-7-10-16-14-9-8-12(2)11-13(14)15/h3,8-9,11,16H,1,4-7,10H2,2H3. The van der Waals surface area contributed by atoms with Crippen molar-refractivity contribution in [3.05, 3.63) is 40.9 Å². The summed E-state index contributed by atoms with van der Waals surface area (Å²) in [7, 11) is 0. The van der Waals surface area contributed by atoms with Gasteiger partial charge in [-0.1, -0.05) is 18.6 Å². The number of anilines is 1. The first-order chi connectivity index (χ1) is 7.74. The second-order valence-corrected chi connectivity index (χ2v) is 4.90. The van der Waals surface area contributed by atoms with E-state index in [-0.39, 0.29) is 0 Å². The Morgan fingerprint density at radius 1 is 1.31 bits per heavy atom. The maximum atomic E-state index is 3.72. The SMILES string of the molecule is C=CCCCCCNc1ccc(C)cc1Br. The van der Waals surface area contributed by atoms with Crippen molar-refractivity contribution in [2.45, 2.75) is 32.6 Å². The second kappa shape index (κ2) is 7.50. The van der Waals surface area contributed by atoms with E-state index in [9.17, 15) is 0 Å². The van der Waals surface area contributed by atoms with Crippen LogP contribution in [0.15, 0.2) is 35.3 Å². The Bertz CT molecular complexity index is 334. The van der Waals surface area contributed by atoms with Crippen LogP contribution in [0.1, 0.15) is 31.2 Å². The monoisotopic (exact) mass is 281 g/mol. The molecule has 0 saturated carbocycles. The van der Waals surface area contributed by atoms with Crippen LogP contribution in [0.4, 0.5) is 5.69 Å². The quantitative estimate of drug-likeness (QED) is 0.553. The number of aryl methyl sites for hydroxylation is 1. The first kappa shape index (κ1) is 13.3. The molecule has 0 aliphatic carbocycles. The molecule has 1 nitrogen and oxygen atoms in total. The van der Waals surface area contributed by atoms with Crippen LogP contribution in [-0.4, -0.2) is 6.54 Å². The van der Waals surface area contributed by atoms with Crippen LogP contribution in [-0.2, 0) is 0 Å². The van der Waals surface area contributed by atoms with Gasteiger partial charge in [-0.15, -0.1) is 6.58 Å². The van der Waals surface area contributed by atoms with Crippen molar-refractivity contribution in [1.82, 2.24) is 0 Å². The molecular formula is C14H20BrN. The number of unbranched alkanes of at least 4 members (excludes halogenated alkanes) is 3. The lowest BCUT2D eigenvalue weighted by Gasteiger charge is -2.08. The molecule has 1 N–H and O–H groups in total. The van der Waals surface area contributed by atoms with Gasteiger partial charge in [0.15, 0.2) is 0 Å². The van der Waals surface area contributed by atoms with Crippen LogP contribution in [0.3, 0.4) is 0 Å². The third-order valence-electron chi connectivity index (χ3n) is 2.53. The van der Waals surface area contributed by atoms with Crippen molar-refractivity contribution in [3.63, 3.8) is 0 Å². The summed E-state index contributed by atoms with van der Waals surface area (Å²) in [4.78, 5) is 0. The van der Waals surface area contributed by atoms with Crippen molar-refractivity contribution in [3.8, 4) is 0 Å². The van der Waals surface area contributed by atoms with Gasteiger partial charge in [-0.25, -0.2) is 0 Å². The Morgan fingerprint density at radius 3 is 2.81 bits per heavy atom. The van der Waals surface area contributed by atoms with Gasteiger partial charge in [0.1, 0.15) is 0 Å². The van der Waals surface area contributed by atoms with E-state index in [1.165, 1.54) is 30.5 Å². The molecule has 0 aromatic heterocycles. The molecular weight excluding hydrogens is 262 g/mol. The highest BCUT2D eigenvalue weighted by molar-refractivity contribution is 9.10.